The quantitative estimate of drug-likeness (QED) is 0.683. The summed E-state index contributed by atoms with van der Waals surface area (Å²) in [7, 11) is 2.00. The largest absolute Gasteiger partial charge is 0.349 e. The number of nitrogens with one attached hydrogen (secondary N) is 1. The Morgan fingerprint density at radius 3 is 2.50 bits per heavy atom. The highest BCUT2D eigenvalue weighted by Crippen LogP contribution is 2.20. The van der Waals surface area contributed by atoms with E-state index in [4.69, 9.17) is 4.52 Å². The molecule has 0 atom stereocenters. The molecule has 0 saturated heterocycles. The van der Waals surface area contributed by atoms with Crippen molar-refractivity contribution in [2.75, 3.05) is 7.05 Å². The van der Waals surface area contributed by atoms with Crippen LogP contribution >= 0.6 is 0 Å². The fraction of sp³-hybridized carbons (Fsp3) is 0.318. The Kier molecular flexibility index (Phi) is 5.21. The molecule has 1 fully saturated rings. The number of aromatic nitrogens is 2. The maximum atomic E-state index is 12.1. The van der Waals surface area contributed by atoms with E-state index in [0.717, 1.165) is 30.5 Å². The summed E-state index contributed by atoms with van der Waals surface area (Å²) in [6.45, 7) is 3.34. The third-order valence-corrected chi connectivity index (χ3v) is 4.76. The molecule has 3 aromatic rings. The van der Waals surface area contributed by atoms with Gasteiger partial charge in [0.25, 0.3) is 5.91 Å². The molecule has 1 N–H and O–H groups in total. The van der Waals surface area contributed by atoms with E-state index in [1.54, 1.807) is 0 Å². The van der Waals surface area contributed by atoms with Crippen molar-refractivity contribution in [3.63, 3.8) is 0 Å². The van der Waals surface area contributed by atoms with Gasteiger partial charge in [-0.05, 0) is 44.5 Å². The van der Waals surface area contributed by atoms with Crippen molar-refractivity contribution in [2.45, 2.75) is 38.9 Å². The number of hydrogen-bond acceptors (Lipinski definition) is 5. The van der Waals surface area contributed by atoms with Crippen LogP contribution < -0.4 is 5.32 Å². The van der Waals surface area contributed by atoms with Gasteiger partial charge in [-0.2, -0.15) is 4.98 Å². The molecule has 1 aliphatic carbocycles. The molecule has 144 valence electrons. The van der Waals surface area contributed by atoms with Gasteiger partial charge < -0.3 is 9.84 Å². The first-order chi connectivity index (χ1) is 13.6. The van der Waals surface area contributed by atoms with Crippen LogP contribution in [-0.2, 0) is 13.1 Å². The fourth-order valence-corrected chi connectivity index (χ4v) is 3.00. The third-order valence-electron chi connectivity index (χ3n) is 4.76. The molecule has 28 heavy (non-hydrogen) atoms. The molecular formula is C22H24N4O2. The second-order valence-electron chi connectivity index (χ2n) is 7.49. The Morgan fingerprint density at radius 1 is 1.11 bits per heavy atom. The zero-order chi connectivity index (χ0) is 19.5. The summed E-state index contributed by atoms with van der Waals surface area (Å²) in [5, 5.41) is 7.08. The highest BCUT2D eigenvalue weighted by molar-refractivity contribution is 5.94. The van der Waals surface area contributed by atoms with Crippen molar-refractivity contribution in [3.05, 3.63) is 71.1 Å². The number of amides is 1. The molecule has 1 aliphatic rings. The van der Waals surface area contributed by atoms with Crippen molar-refractivity contribution in [1.82, 2.24) is 20.4 Å². The Labute approximate surface area is 164 Å². The number of carbonyl (C=O) groups excluding carboxylic acids is 1. The molecule has 6 heteroatoms. The summed E-state index contributed by atoms with van der Waals surface area (Å²) < 4.78 is 5.40. The van der Waals surface area contributed by atoms with Crippen molar-refractivity contribution < 1.29 is 9.32 Å². The molecule has 0 bridgehead atoms. The maximum Gasteiger partial charge on any atom is 0.251 e. The lowest BCUT2D eigenvalue weighted by molar-refractivity contribution is 0.0951. The first-order valence-corrected chi connectivity index (χ1v) is 9.55. The van der Waals surface area contributed by atoms with Crippen LogP contribution in [0.1, 0.15) is 40.2 Å². The van der Waals surface area contributed by atoms with Crippen molar-refractivity contribution in [3.8, 4) is 11.4 Å². The minimum atomic E-state index is 0.0110. The van der Waals surface area contributed by atoms with E-state index in [-0.39, 0.29) is 5.91 Å². The average Bonchev–Trinajstić information content (AvgIpc) is 3.38. The molecule has 6 nitrogen and oxygen atoms in total. The highest BCUT2D eigenvalue weighted by Gasteiger charge is 2.23. The van der Waals surface area contributed by atoms with Crippen LogP contribution in [0.2, 0.25) is 0 Å². The van der Waals surface area contributed by atoms with Gasteiger partial charge in [-0.25, -0.2) is 0 Å². The topological polar surface area (TPSA) is 71.3 Å². The number of nitrogens with zero attached hydrogens (tertiary/aromatic N) is 3. The Hall–Kier alpha value is -2.99. The van der Waals surface area contributed by atoms with E-state index in [2.05, 4.69) is 20.4 Å². The lowest BCUT2D eigenvalue weighted by Gasteiger charge is -2.14. The number of benzene rings is 2. The molecule has 1 aromatic heterocycles. The van der Waals surface area contributed by atoms with Gasteiger partial charge in [0.2, 0.25) is 11.7 Å². The van der Waals surface area contributed by atoms with Gasteiger partial charge in [0.05, 0.1) is 6.54 Å². The van der Waals surface area contributed by atoms with Gasteiger partial charge in [0.15, 0.2) is 0 Å². The van der Waals surface area contributed by atoms with Crippen LogP contribution in [-0.4, -0.2) is 34.0 Å². The number of hydrogen-bond donors (Lipinski definition) is 1. The van der Waals surface area contributed by atoms with Gasteiger partial charge in [0.1, 0.15) is 0 Å². The molecule has 0 unspecified atom stereocenters. The second-order valence-corrected chi connectivity index (χ2v) is 7.49. The predicted molar refractivity (Wildman–Crippen MR) is 107 cm³/mol. The number of rotatable bonds is 7. The summed E-state index contributed by atoms with van der Waals surface area (Å²) in [4.78, 5) is 18.7. The van der Waals surface area contributed by atoms with Crippen molar-refractivity contribution >= 4 is 5.91 Å². The average molecular weight is 376 g/mol. The van der Waals surface area contributed by atoms with Crippen LogP contribution in [0.25, 0.3) is 11.4 Å². The normalized spacial score (nSPS) is 13.7. The third kappa shape index (κ3) is 4.64. The van der Waals surface area contributed by atoms with Crippen molar-refractivity contribution in [1.29, 1.82) is 0 Å². The number of aryl methyl sites for hydroxylation is 1. The van der Waals surface area contributed by atoms with Gasteiger partial charge in [-0.1, -0.05) is 47.1 Å². The minimum absolute atomic E-state index is 0.0110. The standard InChI is InChI=1S/C22H24N4O2/c1-15-3-7-17(8-4-15)21-24-20(28-25-21)14-26(2)13-16-5-9-18(10-6-16)22(27)23-19-11-12-19/h3-10,19H,11-14H2,1-2H3,(H,23,27). The van der Waals surface area contributed by atoms with Crippen LogP contribution in [0.5, 0.6) is 0 Å². The highest BCUT2D eigenvalue weighted by atomic mass is 16.5. The van der Waals surface area contributed by atoms with E-state index in [0.29, 0.717) is 29.9 Å². The summed E-state index contributed by atoms with van der Waals surface area (Å²) in [5.74, 6) is 1.20. The zero-order valence-electron chi connectivity index (χ0n) is 16.2. The summed E-state index contributed by atoms with van der Waals surface area (Å²) in [6.07, 6.45) is 2.19. The maximum absolute atomic E-state index is 12.1. The Morgan fingerprint density at radius 2 is 1.82 bits per heavy atom. The first kappa shape index (κ1) is 18.4. The molecule has 1 amide bonds. The van der Waals surface area contributed by atoms with Crippen molar-refractivity contribution in [2.24, 2.45) is 0 Å². The van der Waals surface area contributed by atoms with Gasteiger partial charge >= 0.3 is 0 Å². The van der Waals surface area contributed by atoms with Crippen LogP contribution in [0.15, 0.2) is 53.1 Å². The van der Waals surface area contributed by atoms with Crippen LogP contribution in [0.3, 0.4) is 0 Å². The van der Waals surface area contributed by atoms with Gasteiger partial charge in [-0.3, -0.25) is 9.69 Å². The molecular weight excluding hydrogens is 352 g/mol. The molecule has 1 heterocycles. The van der Waals surface area contributed by atoms with E-state index in [9.17, 15) is 4.79 Å². The molecule has 1 saturated carbocycles. The van der Waals surface area contributed by atoms with E-state index < -0.39 is 0 Å². The summed E-state index contributed by atoms with van der Waals surface area (Å²) in [5.41, 5.74) is 3.98. The Bertz CT molecular complexity index is 943. The van der Waals surface area contributed by atoms with Crippen LogP contribution in [0.4, 0.5) is 0 Å². The monoisotopic (exact) mass is 376 g/mol. The molecule has 0 aliphatic heterocycles. The Balaban J connectivity index is 1.33. The molecule has 2 aromatic carbocycles. The smallest absolute Gasteiger partial charge is 0.251 e. The first-order valence-electron chi connectivity index (χ1n) is 9.55. The lowest BCUT2D eigenvalue weighted by atomic mass is 10.1. The van der Waals surface area contributed by atoms with Gasteiger partial charge in [0, 0.05) is 23.7 Å². The minimum Gasteiger partial charge on any atom is -0.349 e. The van der Waals surface area contributed by atoms with E-state index >= 15 is 0 Å². The number of carbonyl (C=O) groups is 1. The van der Waals surface area contributed by atoms with Crippen LogP contribution in [0, 0.1) is 6.92 Å². The lowest BCUT2D eigenvalue weighted by Crippen LogP contribution is -2.25. The molecule has 0 radical (unpaired) electrons. The van der Waals surface area contributed by atoms with E-state index in [1.807, 2.05) is 62.5 Å². The zero-order valence-corrected chi connectivity index (χ0v) is 16.2. The molecule has 0 spiro atoms. The van der Waals surface area contributed by atoms with E-state index in [1.165, 1.54) is 5.56 Å². The fourth-order valence-electron chi connectivity index (χ4n) is 3.00. The second kappa shape index (κ2) is 7.94. The predicted octanol–water partition coefficient (Wildman–Crippen LogP) is 3.57. The van der Waals surface area contributed by atoms with Gasteiger partial charge in [-0.15, -0.1) is 0 Å². The summed E-state index contributed by atoms with van der Waals surface area (Å²) >= 11 is 0. The SMILES string of the molecule is Cc1ccc(-c2noc(CN(C)Cc3ccc(C(=O)NC4CC4)cc3)n2)cc1. The molecule has 4 rings (SSSR count). The summed E-state index contributed by atoms with van der Waals surface area (Å²) in [6, 6.07) is 16.2.